The Labute approximate surface area is 124 Å². The van der Waals surface area contributed by atoms with Crippen molar-refractivity contribution in [3.8, 4) is 22.8 Å². The normalized spacial score (nSPS) is 10.7. The highest BCUT2D eigenvalue weighted by molar-refractivity contribution is 9.10. The molecule has 0 radical (unpaired) electrons. The van der Waals surface area contributed by atoms with Gasteiger partial charge in [0, 0.05) is 28.1 Å². The predicted octanol–water partition coefficient (Wildman–Crippen LogP) is 3.45. The molecule has 0 saturated carbocycles. The summed E-state index contributed by atoms with van der Waals surface area (Å²) >= 11 is 3.36. The van der Waals surface area contributed by atoms with Crippen molar-refractivity contribution in [2.24, 2.45) is 0 Å². The van der Waals surface area contributed by atoms with E-state index in [1.165, 1.54) is 0 Å². The Morgan fingerprint density at radius 2 is 2.05 bits per heavy atom. The number of hydrogen-bond acceptors (Lipinski definition) is 5. The van der Waals surface area contributed by atoms with E-state index in [0.29, 0.717) is 17.4 Å². The Morgan fingerprint density at radius 1 is 1.20 bits per heavy atom. The fourth-order valence-electron chi connectivity index (χ4n) is 1.84. The van der Waals surface area contributed by atoms with Crippen LogP contribution < -0.4 is 5.73 Å². The van der Waals surface area contributed by atoms with Crippen LogP contribution in [0.4, 0.5) is 5.69 Å². The number of nitrogen functional groups attached to an aromatic ring is 1. The zero-order chi connectivity index (χ0) is 14.1. The first-order chi connectivity index (χ1) is 9.63. The molecule has 0 atom stereocenters. The van der Waals surface area contributed by atoms with Crippen LogP contribution >= 0.6 is 15.9 Å². The van der Waals surface area contributed by atoms with E-state index in [0.717, 1.165) is 21.2 Å². The van der Waals surface area contributed by atoms with Crippen molar-refractivity contribution in [2.45, 2.75) is 6.92 Å². The Kier molecular flexibility index (Phi) is 3.23. The zero-order valence-corrected chi connectivity index (χ0v) is 12.3. The summed E-state index contributed by atoms with van der Waals surface area (Å²) in [6, 6.07) is 7.57. The molecule has 1 aromatic carbocycles. The quantitative estimate of drug-likeness (QED) is 0.728. The number of nitrogens with two attached hydrogens (primary N) is 1. The lowest BCUT2D eigenvalue weighted by atomic mass is 10.1. The molecule has 0 saturated heterocycles. The summed E-state index contributed by atoms with van der Waals surface area (Å²) < 4.78 is 6.15. The molecule has 100 valence electrons. The van der Waals surface area contributed by atoms with Crippen molar-refractivity contribution in [2.75, 3.05) is 5.73 Å². The average Bonchev–Trinajstić information content (AvgIpc) is 2.91. The highest BCUT2D eigenvalue weighted by Gasteiger charge is 2.13. The molecule has 3 rings (SSSR count). The molecule has 0 bridgehead atoms. The Morgan fingerprint density at radius 3 is 2.85 bits per heavy atom. The fraction of sp³-hybridized carbons (Fsp3) is 0.0714. The lowest BCUT2D eigenvalue weighted by Gasteiger charge is -2.01. The number of pyridine rings is 1. The van der Waals surface area contributed by atoms with Crippen LogP contribution in [0.15, 0.2) is 45.7 Å². The van der Waals surface area contributed by atoms with Crippen LogP contribution in [-0.2, 0) is 0 Å². The van der Waals surface area contributed by atoms with Gasteiger partial charge in [-0.1, -0.05) is 16.8 Å². The van der Waals surface area contributed by atoms with Gasteiger partial charge in [0.2, 0.25) is 5.82 Å². The van der Waals surface area contributed by atoms with Gasteiger partial charge in [0.15, 0.2) is 0 Å². The minimum Gasteiger partial charge on any atom is -0.398 e. The van der Waals surface area contributed by atoms with Crippen LogP contribution in [0, 0.1) is 6.92 Å². The van der Waals surface area contributed by atoms with Crippen molar-refractivity contribution in [3.63, 3.8) is 0 Å². The Balaban J connectivity index is 2.04. The second kappa shape index (κ2) is 5.05. The summed E-state index contributed by atoms with van der Waals surface area (Å²) in [5, 5.41) is 3.97. The molecule has 0 spiro atoms. The van der Waals surface area contributed by atoms with Gasteiger partial charge in [-0.15, -0.1) is 0 Å². The molecule has 0 fully saturated rings. The molecule has 0 unspecified atom stereocenters. The molecule has 6 heteroatoms. The van der Waals surface area contributed by atoms with Gasteiger partial charge in [-0.25, -0.2) is 0 Å². The molecule has 2 aromatic heterocycles. The number of benzene rings is 1. The second-order valence-corrected chi connectivity index (χ2v) is 5.32. The predicted molar refractivity (Wildman–Crippen MR) is 79.8 cm³/mol. The number of aryl methyl sites for hydroxylation is 1. The van der Waals surface area contributed by atoms with Gasteiger partial charge in [0.1, 0.15) is 0 Å². The molecule has 0 amide bonds. The van der Waals surface area contributed by atoms with Crippen molar-refractivity contribution < 1.29 is 4.52 Å². The molecule has 0 aliphatic carbocycles. The van der Waals surface area contributed by atoms with Crippen LogP contribution in [0.25, 0.3) is 22.8 Å². The topological polar surface area (TPSA) is 77.8 Å². The summed E-state index contributed by atoms with van der Waals surface area (Å²) in [5.74, 6) is 0.885. The van der Waals surface area contributed by atoms with E-state index in [9.17, 15) is 0 Å². The zero-order valence-electron chi connectivity index (χ0n) is 10.7. The third kappa shape index (κ3) is 2.42. The standard InChI is InChI=1S/C14H11BrN4O/c1-8-2-3-12(16)11(4-8)14-18-13(19-20-14)9-5-10(15)7-17-6-9/h2-7H,16H2,1H3. The summed E-state index contributed by atoms with van der Waals surface area (Å²) in [4.78, 5) is 8.46. The van der Waals surface area contributed by atoms with E-state index >= 15 is 0 Å². The van der Waals surface area contributed by atoms with Crippen molar-refractivity contribution in [1.82, 2.24) is 15.1 Å². The van der Waals surface area contributed by atoms with Crippen molar-refractivity contribution in [3.05, 3.63) is 46.7 Å². The van der Waals surface area contributed by atoms with Gasteiger partial charge >= 0.3 is 0 Å². The van der Waals surface area contributed by atoms with E-state index in [-0.39, 0.29) is 0 Å². The SMILES string of the molecule is Cc1ccc(N)c(-c2nc(-c3cncc(Br)c3)no2)c1. The number of aromatic nitrogens is 3. The second-order valence-electron chi connectivity index (χ2n) is 4.41. The lowest BCUT2D eigenvalue weighted by Crippen LogP contribution is -1.91. The first-order valence-electron chi connectivity index (χ1n) is 5.94. The van der Waals surface area contributed by atoms with E-state index in [2.05, 4.69) is 31.1 Å². The maximum absolute atomic E-state index is 5.95. The van der Waals surface area contributed by atoms with Gasteiger partial charge in [-0.05, 0) is 41.1 Å². The summed E-state index contributed by atoms with van der Waals surface area (Å²) in [6.45, 7) is 1.98. The van der Waals surface area contributed by atoms with Crippen LogP contribution in [0.3, 0.4) is 0 Å². The highest BCUT2D eigenvalue weighted by atomic mass is 79.9. The maximum Gasteiger partial charge on any atom is 0.260 e. The molecule has 20 heavy (non-hydrogen) atoms. The molecule has 3 aromatic rings. The number of anilines is 1. The van der Waals surface area contributed by atoms with Crippen LogP contribution in [-0.4, -0.2) is 15.1 Å². The molecule has 0 aliphatic rings. The first kappa shape index (κ1) is 12.8. The first-order valence-corrected chi connectivity index (χ1v) is 6.74. The van der Waals surface area contributed by atoms with Gasteiger partial charge in [-0.3, -0.25) is 4.98 Å². The minimum absolute atomic E-state index is 0.404. The molecule has 2 N–H and O–H groups in total. The number of hydrogen-bond donors (Lipinski definition) is 1. The van der Waals surface area contributed by atoms with Crippen molar-refractivity contribution >= 4 is 21.6 Å². The minimum atomic E-state index is 0.404. The third-order valence-electron chi connectivity index (χ3n) is 2.83. The monoisotopic (exact) mass is 330 g/mol. The molecule has 5 nitrogen and oxygen atoms in total. The maximum atomic E-state index is 5.95. The van der Waals surface area contributed by atoms with Gasteiger partial charge in [0.05, 0.1) is 5.56 Å². The van der Waals surface area contributed by atoms with E-state index < -0.39 is 0 Å². The largest absolute Gasteiger partial charge is 0.398 e. The fourth-order valence-corrected chi connectivity index (χ4v) is 2.20. The summed E-state index contributed by atoms with van der Waals surface area (Å²) in [6.07, 6.45) is 3.38. The third-order valence-corrected chi connectivity index (χ3v) is 3.26. The van der Waals surface area contributed by atoms with E-state index in [4.69, 9.17) is 10.3 Å². The molecular formula is C14H11BrN4O. The Bertz CT molecular complexity index is 769. The van der Waals surface area contributed by atoms with E-state index in [1.54, 1.807) is 12.4 Å². The van der Waals surface area contributed by atoms with Gasteiger partial charge in [-0.2, -0.15) is 4.98 Å². The smallest absolute Gasteiger partial charge is 0.260 e. The molecular weight excluding hydrogens is 320 g/mol. The van der Waals surface area contributed by atoms with Gasteiger partial charge in [0.25, 0.3) is 5.89 Å². The Hall–Kier alpha value is -2.21. The highest BCUT2D eigenvalue weighted by Crippen LogP contribution is 2.28. The van der Waals surface area contributed by atoms with Crippen LogP contribution in [0.2, 0.25) is 0 Å². The van der Waals surface area contributed by atoms with Gasteiger partial charge < -0.3 is 10.3 Å². The van der Waals surface area contributed by atoms with Crippen LogP contribution in [0.5, 0.6) is 0 Å². The summed E-state index contributed by atoms with van der Waals surface area (Å²) in [5.41, 5.74) is 9.16. The van der Waals surface area contributed by atoms with E-state index in [1.807, 2.05) is 31.2 Å². The molecule has 0 aliphatic heterocycles. The van der Waals surface area contributed by atoms with Crippen LogP contribution in [0.1, 0.15) is 5.56 Å². The van der Waals surface area contributed by atoms with Crippen molar-refractivity contribution in [1.29, 1.82) is 0 Å². The number of nitrogens with zero attached hydrogens (tertiary/aromatic N) is 3. The lowest BCUT2D eigenvalue weighted by molar-refractivity contribution is 0.432. The molecule has 2 heterocycles. The number of halogens is 1. The summed E-state index contributed by atoms with van der Waals surface area (Å²) in [7, 11) is 0. The number of rotatable bonds is 2. The average molecular weight is 331 g/mol.